The van der Waals surface area contributed by atoms with Crippen LogP contribution in [0.4, 0.5) is 22.0 Å². The number of aryl methyl sites for hydroxylation is 2. The summed E-state index contributed by atoms with van der Waals surface area (Å²) in [6.07, 6.45) is 4.59. The lowest BCUT2D eigenvalue weighted by Crippen LogP contribution is -2.42. The van der Waals surface area contributed by atoms with Crippen LogP contribution in [-0.2, 0) is 22.4 Å². The molecule has 4 rings (SSSR count). The van der Waals surface area contributed by atoms with Crippen LogP contribution < -0.4 is 0 Å². The standard InChI is InChI=1S/C32H46F5NO2/c1-30-17-15-26-25-11-9-23(22-24(25)10-12-27(26)28(30)13-14-29(30)39)8-4-3-5-18-38(2)19-7-21-40-20-6-16-31(33,34)32(35,36)37/h9,11,22,26-28H,3-8,10,12-21H2,1-2H3/t26-,27-,28+,30+/m1/s1. The highest BCUT2D eigenvalue weighted by Gasteiger charge is 2.56. The zero-order valence-electron chi connectivity index (χ0n) is 24.1. The number of benzene rings is 1. The molecule has 2 saturated carbocycles. The van der Waals surface area contributed by atoms with Crippen LogP contribution in [0.1, 0.15) is 100 Å². The monoisotopic (exact) mass is 571 g/mol. The van der Waals surface area contributed by atoms with Crippen LogP contribution in [0.25, 0.3) is 0 Å². The van der Waals surface area contributed by atoms with E-state index in [0.717, 1.165) is 77.3 Å². The first-order chi connectivity index (χ1) is 18.9. The molecule has 0 saturated heterocycles. The highest BCUT2D eigenvalue weighted by molar-refractivity contribution is 5.87. The van der Waals surface area contributed by atoms with Crippen molar-refractivity contribution in [1.82, 2.24) is 4.90 Å². The van der Waals surface area contributed by atoms with E-state index in [2.05, 4.69) is 30.0 Å². The minimum atomic E-state index is -5.49. The average molecular weight is 572 g/mol. The summed E-state index contributed by atoms with van der Waals surface area (Å²) in [6, 6.07) is 7.15. The molecule has 3 nitrogen and oxygen atoms in total. The average Bonchev–Trinajstić information content (AvgIpc) is 3.21. The highest BCUT2D eigenvalue weighted by Crippen LogP contribution is 2.59. The van der Waals surface area contributed by atoms with Crippen molar-refractivity contribution in [2.45, 2.75) is 108 Å². The quantitative estimate of drug-likeness (QED) is 0.167. The normalized spacial score (nSPS) is 26.6. The van der Waals surface area contributed by atoms with Crippen molar-refractivity contribution in [2.75, 3.05) is 33.4 Å². The number of halogens is 5. The number of carbonyl (C=O) groups excluding carboxylic acids is 1. The topological polar surface area (TPSA) is 29.5 Å². The van der Waals surface area contributed by atoms with Crippen LogP contribution in [0.2, 0.25) is 0 Å². The van der Waals surface area contributed by atoms with Gasteiger partial charge in [0.25, 0.3) is 0 Å². The summed E-state index contributed by atoms with van der Waals surface area (Å²) >= 11 is 0. The number of nitrogens with zero attached hydrogens (tertiary/aromatic N) is 1. The number of Topliss-reactive ketones (excluding diaryl/α,β-unsaturated/α-hetero) is 1. The summed E-state index contributed by atoms with van der Waals surface area (Å²) in [5.74, 6) is -2.27. The van der Waals surface area contributed by atoms with E-state index in [-0.39, 0.29) is 18.4 Å². The van der Waals surface area contributed by atoms with Crippen LogP contribution >= 0.6 is 0 Å². The molecule has 0 heterocycles. The van der Waals surface area contributed by atoms with Crippen molar-refractivity contribution in [1.29, 1.82) is 0 Å². The molecule has 0 unspecified atom stereocenters. The molecule has 0 spiro atoms. The van der Waals surface area contributed by atoms with E-state index >= 15 is 0 Å². The number of hydrogen-bond donors (Lipinski definition) is 0. The van der Waals surface area contributed by atoms with Gasteiger partial charge in [-0.1, -0.05) is 31.5 Å². The van der Waals surface area contributed by atoms with Crippen molar-refractivity contribution in [3.05, 3.63) is 34.9 Å². The van der Waals surface area contributed by atoms with Gasteiger partial charge in [0, 0.05) is 38.0 Å². The van der Waals surface area contributed by atoms with Crippen LogP contribution in [0.3, 0.4) is 0 Å². The number of carbonyl (C=O) groups is 1. The molecular weight excluding hydrogens is 525 g/mol. The van der Waals surface area contributed by atoms with Crippen LogP contribution in [0, 0.1) is 17.3 Å². The van der Waals surface area contributed by atoms with Crippen LogP contribution in [0.5, 0.6) is 0 Å². The molecule has 0 radical (unpaired) electrons. The molecule has 1 aromatic rings. The molecule has 0 aromatic heterocycles. The number of fused-ring (bicyclic) bond motifs is 5. The fourth-order valence-corrected chi connectivity index (χ4v) is 7.64. The number of rotatable bonds is 14. The minimum absolute atomic E-state index is 0.0640. The second-order valence-corrected chi connectivity index (χ2v) is 12.8. The molecular formula is C32H46F5NO2. The third kappa shape index (κ3) is 7.26. The van der Waals surface area contributed by atoms with Gasteiger partial charge < -0.3 is 9.64 Å². The van der Waals surface area contributed by atoms with Crippen LogP contribution in [-0.4, -0.2) is 56.1 Å². The van der Waals surface area contributed by atoms with Crippen molar-refractivity contribution in [2.24, 2.45) is 17.3 Å². The fraction of sp³-hybridized carbons (Fsp3) is 0.781. The van der Waals surface area contributed by atoms with Gasteiger partial charge in [0.1, 0.15) is 5.78 Å². The van der Waals surface area contributed by atoms with E-state index in [1.807, 2.05) is 7.05 Å². The summed E-state index contributed by atoms with van der Waals surface area (Å²) in [4.78, 5) is 14.8. The summed E-state index contributed by atoms with van der Waals surface area (Å²) in [7, 11) is 2.04. The first-order valence-electron chi connectivity index (χ1n) is 15.3. The molecule has 0 aliphatic heterocycles. The Labute approximate surface area is 236 Å². The van der Waals surface area contributed by atoms with Gasteiger partial charge in [-0.25, -0.2) is 0 Å². The van der Waals surface area contributed by atoms with E-state index in [0.29, 0.717) is 30.1 Å². The summed E-state index contributed by atoms with van der Waals surface area (Å²) in [6.45, 7) is 4.28. The maximum atomic E-state index is 12.9. The minimum Gasteiger partial charge on any atom is -0.381 e. The predicted octanol–water partition coefficient (Wildman–Crippen LogP) is 8.14. The SMILES string of the molecule is CN(CCCCCc1ccc2c(c1)CC[C@@H]1[C@@H]2CC[C@]2(C)C(=O)CC[C@@H]12)CCCOCCCC(F)(F)C(F)(F)F. The maximum Gasteiger partial charge on any atom is 0.453 e. The number of unbranched alkanes of at least 4 members (excludes halogenated alkanes) is 2. The lowest BCUT2D eigenvalue weighted by molar-refractivity contribution is -0.285. The van der Waals surface area contributed by atoms with Gasteiger partial charge in [-0.2, -0.15) is 22.0 Å². The Morgan fingerprint density at radius 3 is 2.48 bits per heavy atom. The Hall–Kier alpha value is -1.54. The van der Waals surface area contributed by atoms with Crippen molar-refractivity contribution < 1.29 is 31.5 Å². The lowest BCUT2D eigenvalue weighted by atomic mass is 9.55. The van der Waals surface area contributed by atoms with Crippen molar-refractivity contribution in [3.63, 3.8) is 0 Å². The molecule has 8 heteroatoms. The van der Waals surface area contributed by atoms with E-state index in [9.17, 15) is 26.7 Å². The number of hydrogen-bond acceptors (Lipinski definition) is 3. The number of ketones is 1. The second-order valence-electron chi connectivity index (χ2n) is 12.8. The molecule has 4 atom stereocenters. The Bertz CT molecular complexity index is 996. The van der Waals surface area contributed by atoms with E-state index in [4.69, 9.17) is 4.74 Å². The number of ether oxygens (including phenoxy) is 1. The molecule has 3 aliphatic carbocycles. The van der Waals surface area contributed by atoms with Gasteiger partial charge in [0.15, 0.2) is 0 Å². The van der Waals surface area contributed by atoms with Crippen molar-refractivity contribution >= 4 is 5.78 Å². The largest absolute Gasteiger partial charge is 0.453 e. The Kier molecular flexibility index (Phi) is 10.3. The molecule has 40 heavy (non-hydrogen) atoms. The van der Waals surface area contributed by atoms with Crippen molar-refractivity contribution in [3.8, 4) is 0 Å². The zero-order chi connectivity index (χ0) is 29.0. The molecule has 1 aromatic carbocycles. The third-order valence-corrected chi connectivity index (χ3v) is 10.0. The van der Waals surface area contributed by atoms with Gasteiger partial charge in [0.2, 0.25) is 0 Å². The van der Waals surface area contributed by atoms with Crippen LogP contribution in [0.15, 0.2) is 18.2 Å². The maximum absolute atomic E-state index is 12.9. The smallest absolute Gasteiger partial charge is 0.381 e. The van der Waals surface area contributed by atoms with Gasteiger partial charge >= 0.3 is 12.1 Å². The molecule has 3 aliphatic rings. The zero-order valence-corrected chi connectivity index (χ0v) is 24.1. The molecule has 226 valence electrons. The first kappa shape index (κ1) is 31.4. The molecule has 0 amide bonds. The third-order valence-electron chi connectivity index (χ3n) is 10.0. The van der Waals surface area contributed by atoms with Gasteiger partial charge in [-0.15, -0.1) is 0 Å². The molecule has 2 fully saturated rings. The molecule has 0 bridgehead atoms. The first-order valence-corrected chi connectivity index (χ1v) is 15.3. The summed E-state index contributed by atoms with van der Waals surface area (Å²) < 4.78 is 67.4. The van der Waals surface area contributed by atoms with E-state index < -0.39 is 18.5 Å². The fourth-order valence-electron chi connectivity index (χ4n) is 7.64. The van der Waals surface area contributed by atoms with Gasteiger partial charge in [-0.3, -0.25) is 4.79 Å². The predicted molar refractivity (Wildman–Crippen MR) is 147 cm³/mol. The van der Waals surface area contributed by atoms with Gasteiger partial charge in [-0.05, 0) is 112 Å². The van der Waals surface area contributed by atoms with E-state index in [1.54, 1.807) is 5.56 Å². The van der Waals surface area contributed by atoms with Gasteiger partial charge in [0.05, 0.1) is 0 Å². The lowest BCUT2D eigenvalue weighted by Gasteiger charge is -2.48. The summed E-state index contributed by atoms with van der Waals surface area (Å²) in [5, 5.41) is 0. The Balaban J connectivity index is 1.08. The summed E-state index contributed by atoms with van der Waals surface area (Å²) in [5.41, 5.74) is 4.44. The second kappa shape index (κ2) is 13.2. The van der Waals surface area contributed by atoms with E-state index in [1.165, 1.54) is 17.5 Å². The molecule has 0 N–H and O–H groups in total. The Morgan fingerprint density at radius 2 is 1.70 bits per heavy atom. The highest BCUT2D eigenvalue weighted by atomic mass is 19.4. The number of alkyl halides is 5. The Morgan fingerprint density at radius 1 is 0.950 bits per heavy atom.